The van der Waals surface area contributed by atoms with Gasteiger partial charge in [0.2, 0.25) is 5.91 Å². The van der Waals surface area contributed by atoms with E-state index in [1.54, 1.807) is 0 Å². The molecule has 0 aromatic rings. The van der Waals surface area contributed by atoms with Crippen LogP contribution in [0, 0.1) is 5.92 Å². The van der Waals surface area contributed by atoms with Crippen LogP contribution in [0.2, 0.25) is 0 Å². The Labute approximate surface area is 88.2 Å². The van der Waals surface area contributed by atoms with Gasteiger partial charge in [-0.25, -0.2) is 0 Å². The minimum absolute atomic E-state index is 0.0542. The highest BCUT2D eigenvalue weighted by Crippen LogP contribution is 2.10. The third-order valence-electron chi connectivity index (χ3n) is 2.10. The van der Waals surface area contributed by atoms with E-state index < -0.39 is 4.84 Å². The van der Waals surface area contributed by atoms with Crippen molar-refractivity contribution in [3.63, 3.8) is 0 Å². The van der Waals surface area contributed by atoms with Crippen LogP contribution in [-0.2, 0) is 4.79 Å². The van der Waals surface area contributed by atoms with Crippen molar-refractivity contribution in [3.05, 3.63) is 0 Å². The standard InChI is InChI=1S/C8H14Cl2N2O/c9-7(10)5-12-8(13)6-2-1-3-11-4-6/h6-7,11H,1-5H2,(H,12,13). The third-order valence-corrected chi connectivity index (χ3v) is 2.41. The first-order chi connectivity index (χ1) is 6.20. The molecule has 1 atom stereocenters. The Morgan fingerprint density at radius 3 is 2.92 bits per heavy atom. The Kier molecular flexibility index (Phi) is 4.84. The van der Waals surface area contributed by atoms with Crippen LogP contribution in [0.15, 0.2) is 0 Å². The molecule has 1 amide bonds. The Balaban J connectivity index is 2.21. The number of piperidine rings is 1. The first kappa shape index (κ1) is 11.1. The quantitative estimate of drug-likeness (QED) is 0.701. The summed E-state index contributed by atoms with van der Waals surface area (Å²) in [7, 11) is 0. The van der Waals surface area contributed by atoms with Crippen molar-refractivity contribution in [1.29, 1.82) is 0 Å². The molecule has 0 spiro atoms. The zero-order valence-electron chi connectivity index (χ0n) is 7.35. The summed E-state index contributed by atoms with van der Waals surface area (Å²) in [6.45, 7) is 2.11. The van der Waals surface area contributed by atoms with Gasteiger partial charge in [-0.2, -0.15) is 0 Å². The highest BCUT2D eigenvalue weighted by atomic mass is 35.5. The molecular formula is C8H14Cl2N2O. The molecular weight excluding hydrogens is 211 g/mol. The van der Waals surface area contributed by atoms with Crippen molar-refractivity contribution >= 4 is 29.1 Å². The van der Waals surface area contributed by atoms with Gasteiger partial charge in [0, 0.05) is 13.1 Å². The second kappa shape index (κ2) is 5.68. The summed E-state index contributed by atoms with van der Waals surface area (Å²) in [5.74, 6) is 0.138. The van der Waals surface area contributed by atoms with Gasteiger partial charge in [-0.3, -0.25) is 4.79 Å². The normalized spacial score (nSPS) is 23.2. The van der Waals surface area contributed by atoms with E-state index in [1.807, 2.05) is 0 Å². The van der Waals surface area contributed by atoms with E-state index in [1.165, 1.54) is 0 Å². The van der Waals surface area contributed by atoms with Crippen molar-refractivity contribution in [2.75, 3.05) is 19.6 Å². The van der Waals surface area contributed by atoms with Crippen molar-refractivity contribution in [2.45, 2.75) is 17.7 Å². The summed E-state index contributed by atoms with van der Waals surface area (Å²) in [5.41, 5.74) is 0. The molecule has 1 heterocycles. The highest BCUT2D eigenvalue weighted by Gasteiger charge is 2.20. The zero-order chi connectivity index (χ0) is 9.68. The number of rotatable bonds is 3. The first-order valence-corrected chi connectivity index (χ1v) is 5.34. The SMILES string of the molecule is O=C(NCC(Cl)Cl)C1CCCNC1. The number of carbonyl (C=O) groups excluding carboxylic acids is 1. The van der Waals surface area contributed by atoms with Gasteiger partial charge in [0.1, 0.15) is 4.84 Å². The summed E-state index contributed by atoms with van der Waals surface area (Å²) in [5, 5.41) is 5.89. The fourth-order valence-corrected chi connectivity index (χ4v) is 1.55. The Morgan fingerprint density at radius 1 is 1.62 bits per heavy atom. The molecule has 0 aromatic carbocycles. The van der Waals surface area contributed by atoms with Crippen molar-refractivity contribution in [1.82, 2.24) is 10.6 Å². The summed E-state index contributed by atoms with van der Waals surface area (Å²) in [6.07, 6.45) is 2.01. The molecule has 2 N–H and O–H groups in total. The summed E-state index contributed by atoms with van der Waals surface area (Å²) >= 11 is 11.0. The van der Waals surface area contributed by atoms with Crippen LogP contribution in [0.1, 0.15) is 12.8 Å². The fourth-order valence-electron chi connectivity index (χ4n) is 1.40. The van der Waals surface area contributed by atoms with E-state index in [9.17, 15) is 4.79 Å². The molecule has 3 nitrogen and oxygen atoms in total. The van der Waals surface area contributed by atoms with E-state index in [0.717, 1.165) is 25.9 Å². The number of halogens is 2. The second-order valence-electron chi connectivity index (χ2n) is 3.18. The molecule has 0 radical (unpaired) electrons. The maximum absolute atomic E-state index is 11.4. The molecule has 1 aliphatic rings. The fraction of sp³-hybridized carbons (Fsp3) is 0.875. The molecule has 1 unspecified atom stereocenters. The van der Waals surface area contributed by atoms with Crippen LogP contribution in [-0.4, -0.2) is 30.4 Å². The molecule has 0 aromatic heterocycles. The smallest absolute Gasteiger partial charge is 0.224 e. The number of amides is 1. The van der Waals surface area contributed by atoms with Gasteiger partial charge in [0.15, 0.2) is 0 Å². The van der Waals surface area contributed by atoms with Gasteiger partial charge in [0.05, 0.1) is 5.92 Å². The van der Waals surface area contributed by atoms with E-state index in [2.05, 4.69) is 10.6 Å². The van der Waals surface area contributed by atoms with Gasteiger partial charge in [-0.1, -0.05) is 0 Å². The van der Waals surface area contributed by atoms with Crippen LogP contribution in [0.3, 0.4) is 0 Å². The summed E-state index contributed by atoms with van der Waals surface area (Å²) < 4.78 is 0. The average molecular weight is 225 g/mol. The molecule has 1 aliphatic heterocycles. The van der Waals surface area contributed by atoms with Crippen molar-refractivity contribution in [3.8, 4) is 0 Å². The van der Waals surface area contributed by atoms with Crippen LogP contribution in [0.25, 0.3) is 0 Å². The summed E-state index contributed by atoms with van der Waals surface area (Å²) in [6, 6.07) is 0. The maximum Gasteiger partial charge on any atom is 0.224 e. The van der Waals surface area contributed by atoms with Crippen molar-refractivity contribution in [2.24, 2.45) is 5.92 Å². The highest BCUT2D eigenvalue weighted by molar-refractivity contribution is 6.44. The molecule has 5 heteroatoms. The second-order valence-corrected chi connectivity index (χ2v) is 4.46. The summed E-state index contributed by atoms with van der Waals surface area (Å²) in [4.78, 5) is 10.9. The lowest BCUT2D eigenvalue weighted by Crippen LogP contribution is -2.41. The molecule has 0 saturated carbocycles. The number of nitrogens with one attached hydrogen (secondary N) is 2. The third kappa shape index (κ3) is 4.16. The van der Waals surface area contributed by atoms with E-state index in [-0.39, 0.29) is 11.8 Å². The Morgan fingerprint density at radius 2 is 2.38 bits per heavy atom. The number of alkyl halides is 2. The lowest BCUT2D eigenvalue weighted by atomic mass is 9.99. The van der Waals surface area contributed by atoms with Crippen LogP contribution >= 0.6 is 23.2 Å². The zero-order valence-corrected chi connectivity index (χ0v) is 8.87. The predicted octanol–water partition coefficient (Wildman–Crippen LogP) is 0.906. The van der Waals surface area contributed by atoms with Crippen LogP contribution in [0.4, 0.5) is 0 Å². The monoisotopic (exact) mass is 224 g/mol. The lowest BCUT2D eigenvalue weighted by molar-refractivity contribution is -0.125. The van der Waals surface area contributed by atoms with Crippen LogP contribution in [0.5, 0.6) is 0 Å². The lowest BCUT2D eigenvalue weighted by Gasteiger charge is -2.21. The maximum atomic E-state index is 11.4. The number of hydrogen-bond acceptors (Lipinski definition) is 2. The van der Waals surface area contributed by atoms with Crippen molar-refractivity contribution < 1.29 is 4.79 Å². The van der Waals surface area contributed by atoms with Crippen LogP contribution < -0.4 is 10.6 Å². The molecule has 0 aliphatic carbocycles. The minimum atomic E-state index is -0.513. The first-order valence-electron chi connectivity index (χ1n) is 4.46. The topological polar surface area (TPSA) is 41.1 Å². The van der Waals surface area contributed by atoms with Gasteiger partial charge >= 0.3 is 0 Å². The van der Waals surface area contributed by atoms with Gasteiger partial charge in [-0.15, -0.1) is 23.2 Å². The number of hydrogen-bond donors (Lipinski definition) is 2. The molecule has 76 valence electrons. The average Bonchev–Trinajstić information content (AvgIpc) is 2.15. The van der Waals surface area contributed by atoms with E-state index in [0.29, 0.717) is 6.54 Å². The van der Waals surface area contributed by atoms with E-state index >= 15 is 0 Å². The molecule has 0 bridgehead atoms. The van der Waals surface area contributed by atoms with Gasteiger partial charge < -0.3 is 10.6 Å². The molecule has 13 heavy (non-hydrogen) atoms. The van der Waals surface area contributed by atoms with E-state index in [4.69, 9.17) is 23.2 Å². The largest absolute Gasteiger partial charge is 0.353 e. The predicted molar refractivity (Wildman–Crippen MR) is 54.1 cm³/mol. The number of carbonyl (C=O) groups is 1. The molecule has 1 saturated heterocycles. The Bertz CT molecular complexity index is 170. The Hall–Kier alpha value is 0.01000. The molecule has 1 rings (SSSR count). The minimum Gasteiger partial charge on any atom is -0.353 e. The van der Waals surface area contributed by atoms with Gasteiger partial charge in [0.25, 0.3) is 0 Å². The van der Waals surface area contributed by atoms with Gasteiger partial charge in [-0.05, 0) is 19.4 Å². The molecule has 1 fully saturated rings.